The van der Waals surface area contributed by atoms with Gasteiger partial charge in [0, 0.05) is 25.0 Å². The summed E-state index contributed by atoms with van der Waals surface area (Å²) in [6.07, 6.45) is 6.22. The Kier molecular flexibility index (Phi) is 7.20. The molecule has 1 aliphatic rings. The fourth-order valence-corrected chi connectivity index (χ4v) is 4.70. The van der Waals surface area contributed by atoms with Crippen LogP contribution in [0.1, 0.15) is 40.5 Å². The molecule has 1 unspecified atom stereocenters. The molecule has 0 aliphatic carbocycles. The molecule has 1 aromatic carbocycles. The first-order valence-corrected chi connectivity index (χ1v) is 11.8. The number of imidazole rings is 1. The average Bonchev–Trinajstić information content (AvgIpc) is 3.50. The number of amides is 1. The molecule has 7 nitrogen and oxygen atoms in total. The molecule has 164 valence electrons. The molecule has 1 atom stereocenters. The Balaban J connectivity index is 1.62. The molecule has 8 heteroatoms. The minimum Gasteiger partial charge on any atom is -0.328 e. The Morgan fingerprint density at radius 3 is 3.00 bits per heavy atom. The monoisotopic (exact) mass is 446 g/mol. The number of nitriles is 1. The van der Waals surface area contributed by atoms with E-state index in [1.165, 1.54) is 0 Å². The number of nitrogens with one attached hydrogen (secondary N) is 1. The van der Waals surface area contributed by atoms with Gasteiger partial charge in [-0.2, -0.15) is 5.26 Å². The standard InChI is InChI=1S/C24H26N6OS/c1-2-32-23-22(8-5-10-28-23)24(31)30(20-9-11-26-13-20)16-21-14-27-17-29(21)15-19-7-4-3-6-18(19)12-25/h3-8,10,14,17,20,26H,2,9,11,13,15-16H2,1H3. The van der Waals surface area contributed by atoms with Crippen molar-refractivity contribution >= 4 is 17.7 Å². The molecule has 1 aliphatic heterocycles. The largest absolute Gasteiger partial charge is 0.328 e. The summed E-state index contributed by atoms with van der Waals surface area (Å²) in [5.74, 6) is 0.848. The first-order valence-electron chi connectivity index (χ1n) is 10.8. The quantitative estimate of drug-likeness (QED) is 0.534. The second-order valence-corrected chi connectivity index (χ2v) is 8.90. The van der Waals surface area contributed by atoms with Crippen LogP contribution in [-0.4, -0.2) is 50.2 Å². The summed E-state index contributed by atoms with van der Waals surface area (Å²) in [4.78, 5) is 24.4. The van der Waals surface area contributed by atoms with Crippen LogP contribution in [0, 0.1) is 11.3 Å². The van der Waals surface area contributed by atoms with Crippen LogP contribution in [0.25, 0.3) is 0 Å². The molecular weight excluding hydrogens is 420 g/mol. The Labute approximate surface area is 192 Å². The van der Waals surface area contributed by atoms with Crippen LogP contribution in [0.15, 0.2) is 60.1 Å². The molecule has 32 heavy (non-hydrogen) atoms. The van der Waals surface area contributed by atoms with Crippen molar-refractivity contribution in [1.82, 2.24) is 24.8 Å². The molecule has 1 amide bonds. The molecular formula is C24H26N6OS. The van der Waals surface area contributed by atoms with Gasteiger partial charge in [-0.3, -0.25) is 4.79 Å². The highest BCUT2D eigenvalue weighted by Gasteiger charge is 2.30. The number of carbonyl (C=O) groups is 1. The third-order valence-corrected chi connectivity index (χ3v) is 6.52. The van der Waals surface area contributed by atoms with Gasteiger partial charge in [-0.15, -0.1) is 11.8 Å². The average molecular weight is 447 g/mol. The third-order valence-electron chi connectivity index (χ3n) is 5.63. The third kappa shape index (κ3) is 4.85. The molecule has 0 radical (unpaired) electrons. The molecule has 1 saturated heterocycles. The van der Waals surface area contributed by atoms with Crippen molar-refractivity contribution in [2.75, 3.05) is 18.8 Å². The van der Waals surface area contributed by atoms with E-state index in [1.54, 1.807) is 24.3 Å². The summed E-state index contributed by atoms with van der Waals surface area (Å²) in [6, 6.07) is 13.6. The first-order chi connectivity index (χ1) is 15.7. The minimum atomic E-state index is -0.00655. The zero-order valence-electron chi connectivity index (χ0n) is 18.1. The lowest BCUT2D eigenvalue weighted by molar-refractivity contribution is 0.0666. The zero-order chi connectivity index (χ0) is 22.3. The van der Waals surface area contributed by atoms with Crippen LogP contribution in [0.5, 0.6) is 0 Å². The Morgan fingerprint density at radius 2 is 2.22 bits per heavy atom. The normalized spacial score (nSPS) is 15.4. The lowest BCUT2D eigenvalue weighted by Crippen LogP contribution is -2.41. The van der Waals surface area contributed by atoms with Gasteiger partial charge in [0.1, 0.15) is 5.03 Å². The highest BCUT2D eigenvalue weighted by molar-refractivity contribution is 7.99. The highest BCUT2D eigenvalue weighted by atomic mass is 32.2. The molecule has 4 rings (SSSR count). The summed E-state index contributed by atoms with van der Waals surface area (Å²) in [5.41, 5.74) is 3.17. The maximum atomic E-state index is 13.7. The lowest BCUT2D eigenvalue weighted by Gasteiger charge is -2.29. The summed E-state index contributed by atoms with van der Waals surface area (Å²) in [7, 11) is 0. The summed E-state index contributed by atoms with van der Waals surface area (Å²) in [5, 5.41) is 13.6. The minimum absolute atomic E-state index is 0.00655. The number of thioether (sulfide) groups is 1. The van der Waals surface area contributed by atoms with Gasteiger partial charge in [-0.25, -0.2) is 9.97 Å². The lowest BCUT2D eigenvalue weighted by atomic mass is 10.1. The second kappa shape index (κ2) is 10.4. The van der Waals surface area contributed by atoms with Gasteiger partial charge in [0.05, 0.1) is 42.3 Å². The van der Waals surface area contributed by atoms with E-state index < -0.39 is 0 Å². The second-order valence-electron chi connectivity index (χ2n) is 7.65. The molecule has 0 bridgehead atoms. The maximum Gasteiger partial charge on any atom is 0.257 e. The van der Waals surface area contributed by atoms with Crippen molar-refractivity contribution < 1.29 is 4.79 Å². The van der Waals surface area contributed by atoms with E-state index >= 15 is 0 Å². The Morgan fingerprint density at radius 1 is 1.34 bits per heavy atom. The van der Waals surface area contributed by atoms with Crippen molar-refractivity contribution in [2.24, 2.45) is 0 Å². The maximum absolute atomic E-state index is 13.7. The summed E-state index contributed by atoms with van der Waals surface area (Å²) < 4.78 is 2.02. The van der Waals surface area contributed by atoms with Crippen molar-refractivity contribution in [1.29, 1.82) is 5.26 Å². The number of nitrogens with zero attached hydrogens (tertiary/aromatic N) is 5. The molecule has 3 aromatic rings. The van der Waals surface area contributed by atoms with E-state index in [0.717, 1.165) is 41.5 Å². The number of hydrogen-bond donors (Lipinski definition) is 1. The number of benzene rings is 1. The van der Waals surface area contributed by atoms with Gasteiger partial charge < -0.3 is 14.8 Å². The van der Waals surface area contributed by atoms with E-state index in [-0.39, 0.29) is 11.9 Å². The number of pyridine rings is 1. The van der Waals surface area contributed by atoms with E-state index in [0.29, 0.717) is 24.2 Å². The number of aromatic nitrogens is 3. The van der Waals surface area contributed by atoms with E-state index in [9.17, 15) is 10.1 Å². The van der Waals surface area contributed by atoms with E-state index in [2.05, 4.69) is 28.3 Å². The predicted octanol–water partition coefficient (Wildman–Crippen LogP) is 3.31. The van der Waals surface area contributed by atoms with Crippen molar-refractivity contribution in [3.8, 4) is 6.07 Å². The van der Waals surface area contributed by atoms with Crippen LogP contribution in [0.3, 0.4) is 0 Å². The first kappa shape index (κ1) is 22.1. The van der Waals surface area contributed by atoms with Gasteiger partial charge >= 0.3 is 0 Å². The number of rotatable bonds is 8. The van der Waals surface area contributed by atoms with Gasteiger partial charge in [0.15, 0.2) is 0 Å². The van der Waals surface area contributed by atoms with Gasteiger partial charge in [-0.05, 0) is 42.5 Å². The van der Waals surface area contributed by atoms with Crippen LogP contribution < -0.4 is 5.32 Å². The number of carbonyl (C=O) groups excluding carboxylic acids is 1. The Hall–Kier alpha value is -3.15. The molecule has 1 N–H and O–H groups in total. The van der Waals surface area contributed by atoms with E-state index in [4.69, 9.17) is 0 Å². The van der Waals surface area contributed by atoms with Crippen LogP contribution in [-0.2, 0) is 13.1 Å². The molecule has 0 spiro atoms. The van der Waals surface area contributed by atoms with Crippen LogP contribution in [0.2, 0.25) is 0 Å². The van der Waals surface area contributed by atoms with Gasteiger partial charge in [0.2, 0.25) is 0 Å². The fraction of sp³-hybridized carbons (Fsp3) is 0.333. The van der Waals surface area contributed by atoms with Crippen LogP contribution >= 0.6 is 11.8 Å². The Bertz CT molecular complexity index is 1120. The van der Waals surface area contributed by atoms with Crippen molar-refractivity contribution in [3.05, 3.63) is 77.5 Å². The van der Waals surface area contributed by atoms with Gasteiger partial charge in [0.25, 0.3) is 5.91 Å². The molecule has 1 fully saturated rings. The van der Waals surface area contributed by atoms with Crippen LogP contribution in [0.4, 0.5) is 0 Å². The SMILES string of the molecule is CCSc1ncccc1C(=O)N(Cc1cncn1Cc1ccccc1C#N)C1CCNC1. The van der Waals surface area contributed by atoms with Crippen molar-refractivity contribution in [2.45, 2.75) is 37.5 Å². The topological polar surface area (TPSA) is 86.8 Å². The molecule has 2 aromatic heterocycles. The summed E-state index contributed by atoms with van der Waals surface area (Å²) >= 11 is 1.58. The van der Waals surface area contributed by atoms with E-state index in [1.807, 2.05) is 52.1 Å². The summed E-state index contributed by atoms with van der Waals surface area (Å²) in [6.45, 7) is 4.71. The van der Waals surface area contributed by atoms with Gasteiger partial charge in [-0.1, -0.05) is 25.1 Å². The highest BCUT2D eigenvalue weighted by Crippen LogP contribution is 2.24. The molecule has 3 heterocycles. The number of hydrogen-bond acceptors (Lipinski definition) is 6. The zero-order valence-corrected chi connectivity index (χ0v) is 18.9. The van der Waals surface area contributed by atoms with Crippen molar-refractivity contribution in [3.63, 3.8) is 0 Å². The molecule has 0 saturated carbocycles. The predicted molar refractivity (Wildman–Crippen MR) is 124 cm³/mol. The fourth-order valence-electron chi connectivity index (χ4n) is 3.98. The smallest absolute Gasteiger partial charge is 0.257 e.